The zero-order valence-electron chi connectivity index (χ0n) is 16.2. The number of fused-ring (bicyclic) bond motifs is 1. The fourth-order valence-corrected chi connectivity index (χ4v) is 4.78. The number of aliphatic hydroxyl groups excluding tert-OH is 1. The second-order valence-electron chi connectivity index (χ2n) is 7.14. The molecule has 0 saturated heterocycles. The highest BCUT2D eigenvalue weighted by Crippen LogP contribution is 2.44. The lowest BCUT2D eigenvalue weighted by Gasteiger charge is -2.24. The summed E-state index contributed by atoms with van der Waals surface area (Å²) in [6.07, 6.45) is 1.31. The molecule has 0 saturated carbocycles. The van der Waals surface area contributed by atoms with Crippen LogP contribution in [0.1, 0.15) is 27.7 Å². The molecule has 154 valence electrons. The Balaban J connectivity index is 1.71. The third kappa shape index (κ3) is 3.03. The lowest BCUT2D eigenvalue weighted by molar-refractivity contribution is -0.117. The highest BCUT2D eigenvalue weighted by atomic mass is 32.1. The zero-order valence-corrected chi connectivity index (χ0v) is 17.0. The number of Topliss-reactive ketones (excluding diaryl/α,β-unsaturated/α-hetero) is 1. The summed E-state index contributed by atoms with van der Waals surface area (Å²) in [5.74, 6) is -2.92. The van der Waals surface area contributed by atoms with E-state index in [2.05, 4.69) is 4.98 Å². The third-order valence-corrected chi connectivity index (χ3v) is 6.15. The van der Waals surface area contributed by atoms with E-state index in [1.54, 1.807) is 6.07 Å². The SMILES string of the molecule is Cc1ccc2nc(N3C(=O)C(O)=C(C(=O)c4ccco4)C3c3ccccc3F)sc2c1. The van der Waals surface area contributed by atoms with Crippen molar-refractivity contribution in [2.24, 2.45) is 0 Å². The van der Waals surface area contributed by atoms with Crippen LogP contribution in [0.3, 0.4) is 0 Å². The van der Waals surface area contributed by atoms with Crippen LogP contribution in [-0.2, 0) is 4.79 Å². The Morgan fingerprint density at radius 1 is 1.19 bits per heavy atom. The van der Waals surface area contributed by atoms with Crippen LogP contribution < -0.4 is 4.90 Å². The number of amides is 1. The van der Waals surface area contributed by atoms with Gasteiger partial charge in [0.1, 0.15) is 11.9 Å². The van der Waals surface area contributed by atoms with Gasteiger partial charge in [-0.25, -0.2) is 9.37 Å². The number of furan rings is 1. The summed E-state index contributed by atoms with van der Waals surface area (Å²) in [7, 11) is 0. The molecule has 0 fully saturated rings. The molecule has 0 bridgehead atoms. The Bertz CT molecular complexity index is 1370. The summed E-state index contributed by atoms with van der Waals surface area (Å²) in [6, 6.07) is 13.2. The van der Waals surface area contributed by atoms with Crippen molar-refractivity contribution in [2.45, 2.75) is 13.0 Å². The van der Waals surface area contributed by atoms with Crippen molar-refractivity contribution in [3.8, 4) is 0 Å². The molecule has 8 heteroatoms. The molecule has 1 atom stereocenters. The lowest BCUT2D eigenvalue weighted by Crippen LogP contribution is -2.31. The smallest absolute Gasteiger partial charge is 0.296 e. The molecule has 1 unspecified atom stereocenters. The molecule has 2 aromatic carbocycles. The summed E-state index contributed by atoms with van der Waals surface area (Å²) in [6.45, 7) is 1.94. The quantitative estimate of drug-likeness (QED) is 0.451. The average Bonchev–Trinajstić information content (AvgIpc) is 3.47. The summed E-state index contributed by atoms with van der Waals surface area (Å²) in [5.41, 5.74) is 1.51. The number of rotatable bonds is 4. The number of carbonyl (C=O) groups excluding carboxylic acids is 2. The Kier molecular flexibility index (Phi) is 4.44. The molecule has 3 heterocycles. The Morgan fingerprint density at radius 3 is 2.74 bits per heavy atom. The number of hydrogen-bond acceptors (Lipinski definition) is 6. The van der Waals surface area contributed by atoms with Crippen molar-refractivity contribution in [2.75, 3.05) is 4.90 Å². The fourth-order valence-electron chi connectivity index (χ4n) is 3.69. The van der Waals surface area contributed by atoms with Crippen LogP contribution in [-0.4, -0.2) is 21.8 Å². The molecule has 4 aromatic rings. The van der Waals surface area contributed by atoms with E-state index in [-0.39, 0.29) is 22.0 Å². The third-order valence-electron chi connectivity index (χ3n) is 5.14. The topological polar surface area (TPSA) is 83.6 Å². The van der Waals surface area contributed by atoms with E-state index in [4.69, 9.17) is 4.42 Å². The van der Waals surface area contributed by atoms with Gasteiger partial charge in [-0.15, -0.1) is 0 Å². The molecular formula is C23H15FN2O4S. The normalized spacial score (nSPS) is 16.5. The van der Waals surface area contributed by atoms with Gasteiger partial charge >= 0.3 is 0 Å². The second-order valence-corrected chi connectivity index (χ2v) is 8.14. The number of anilines is 1. The van der Waals surface area contributed by atoms with Crippen LogP contribution in [0.15, 0.2) is 76.6 Å². The van der Waals surface area contributed by atoms with Crippen LogP contribution in [0.4, 0.5) is 9.52 Å². The van der Waals surface area contributed by atoms with Gasteiger partial charge in [-0.05, 0) is 42.8 Å². The number of hydrogen-bond donors (Lipinski definition) is 1. The van der Waals surface area contributed by atoms with Gasteiger partial charge in [-0.1, -0.05) is 35.6 Å². The predicted octanol–water partition coefficient (Wildman–Crippen LogP) is 5.12. The van der Waals surface area contributed by atoms with Crippen molar-refractivity contribution in [3.05, 3.63) is 94.9 Å². The van der Waals surface area contributed by atoms with Gasteiger partial charge < -0.3 is 9.52 Å². The van der Waals surface area contributed by atoms with Gasteiger partial charge in [0.2, 0.25) is 5.78 Å². The van der Waals surface area contributed by atoms with Crippen molar-refractivity contribution >= 4 is 38.4 Å². The minimum atomic E-state index is -1.19. The first-order chi connectivity index (χ1) is 15.0. The Labute approximate surface area is 179 Å². The fraction of sp³-hybridized carbons (Fsp3) is 0.0870. The summed E-state index contributed by atoms with van der Waals surface area (Å²) in [5, 5.41) is 10.9. The molecule has 31 heavy (non-hydrogen) atoms. The van der Waals surface area contributed by atoms with Crippen LogP contribution in [0.2, 0.25) is 0 Å². The number of ketones is 1. The molecule has 6 nitrogen and oxygen atoms in total. The Morgan fingerprint density at radius 2 is 2.00 bits per heavy atom. The van der Waals surface area contributed by atoms with E-state index in [1.807, 2.05) is 25.1 Å². The number of carbonyl (C=O) groups is 2. The van der Waals surface area contributed by atoms with E-state index in [1.165, 1.54) is 52.8 Å². The molecule has 0 radical (unpaired) electrons. The number of aromatic nitrogens is 1. The monoisotopic (exact) mass is 434 g/mol. The molecule has 1 aliphatic heterocycles. The summed E-state index contributed by atoms with van der Waals surface area (Å²) < 4.78 is 20.8. The minimum absolute atomic E-state index is 0.0579. The van der Waals surface area contributed by atoms with Crippen LogP contribution in [0.5, 0.6) is 0 Å². The van der Waals surface area contributed by atoms with Gasteiger partial charge in [0.05, 0.1) is 22.1 Å². The van der Waals surface area contributed by atoms with E-state index in [0.29, 0.717) is 5.52 Å². The predicted molar refractivity (Wildman–Crippen MR) is 114 cm³/mol. The van der Waals surface area contributed by atoms with E-state index >= 15 is 0 Å². The molecule has 1 amide bonds. The first kappa shape index (κ1) is 19.2. The molecule has 1 aliphatic rings. The average molecular weight is 434 g/mol. The maximum absolute atomic E-state index is 14.8. The van der Waals surface area contributed by atoms with Crippen LogP contribution in [0, 0.1) is 12.7 Å². The second kappa shape index (κ2) is 7.17. The first-order valence-corrected chi connectivity index (χ1v) is 10.2. The maximum Gasteiger partial charge on any atom is 0.296 e. The summed E-state index contributed by atoms with van der Waals surface area (Å²) >= 11 is 1.23. The Hall–Kier alpha value is -3.78. The van der Waals surface area contributed by atoms with Crippen molar-refractivity contribution in [1.82, 2.24) is 4.98 Å². The molecule has 0 spiro atoms. The highest BCUT2D eigenvalue weighted by Gasteiger charge is 2.47. The number of aryl methyl sites for hydroxylation is 1. The van der Waals surface area contributed by atoms with E-state index < -0.39 is 29.3 Å². The minimum Gasteiger partial charge on any atom is -0.503 e. The summed E-state index contributed by atoms with van der Waals surface area (Å²) in [4.78, 5) is 31.9. The van der Waals surface area contributed by atoms with Gasteiger partial charge in [-0.3, -0.25) is 14.5 Å². The number of thiazole rings is 1. The van der Waals surface area contributed by atoms with Crippen molar-refractivity contribution in [1.29, 1.82) is 0 Å². The van der Waals surface area contributed by atoms with Crippen LogP contribution in [0.25, 0.3) is 10.2 Å². The number of halogens is 1. The largest absolute Gasteiger partial charge is 0.503 e. The standard InChI is InChI=1S/C23H15FN2O4S/c1-12-8-9-15-17(11-12)31-23(25-15)26-19(13-5-2-3-6-14(13)24)18(21(28)22(26)29)20(27)16-7-4-10-30-16/h2-11,19,28H,1H3. The molecular weight excluding hydrogens is 419 g/mol. The van der Waals surface area contributed by atoms with E-state index in [0.717, 1.165) is 10.3 Å². The van der Waals surface area contributed by atoms with E-state index in [9.17, 15) is 19.1 Å². The number of aliphatic hydroxyl groups is 1. The zero-order chi connectivity index (χ0) is 21.7. The maximum atomic E-state index is 14.8. The van der Waals surface area contributed by atoms with Gasteiger partial charge in [0.25, 0.3) is 5.91 Å². The van der Waals surface area contributed by atoms with Gasteiger partial charge in [0, 0.05) is 5.56 Å². The van der Waals surface area contributed by atoms with Gasteiger partial charge in [0.15, 0.2) is 16.7 Å². The lowest BCUT2D eigenvalue weighted by atomic mass is 9.95. The highest BCUT2D eigenvalue weighted by molar-refractivity contribution is 7.22. The molecule has 0 aliphatic carbocycles. The number of benzene rings is 2. The van der Waals surface area contributed by atoms with Gasteiger partial charge in [-0.2, -0.15) is 0 Å². The van der Waals surface area contributed by atoms with Crippen LogP contribution >= 0.6 is 11.3 Å². The first-order valence-electron chi connectivity index (χ1n) is 9.42. The molecule has 2 aromatic heterocycles. The molecule has 5 rings (SSSR count). The van der Waals surface area contributed by atoms with Crippen molar-refractivity contribution in [3.63, 3.8) is 0 Å². The number of nitrogens with zero attached hydrogens (tertiary/aromatic N) is 2. The van der Waals surface area contributed by atoms with Crippen molar-refractivity contribution < 1.29 is 23.5 Å². The molecule has 1 N–H and O–H groups in total.